The molecule has 1 atom stereocenters. The lowest BCUT2D eigenvalue weighted by molar-refractivity contribution is 0.375. The minimum atomic E-state index is -3.48. The Morgan fingerprint density at radius 1 is 1.16 bits per heavy atom. The molecule has 1 heterocycles. The standard InChI is InChI=1S/C18H20ClN3O2S/c1-21(2)16-9-7-13(8-10-16)17-12-18(22(20-17)25(3,23)24)14-5-4-6-15(19)11-14/h4-11,18H,12H2,1-3H3/t18-/m0/s1. The van der Waals surface area contributed by atoms with Gasteiger partial charge >= 0.3 is 0 Å². The molecule has 132 valence electrons. The third-order valence-electron chi connectivity index (χ3n) is 4.16. The van der Waals surface area contributed by atoms with Crippen LogP contribution in [-0.4, -0.2) is 38.9 Å². The number of sulfonamides is 1. The SMILES string of the molecule is CN(C)c1ccc(C2=NN(S(C)(=O)=O)[C@H](c3cccc(Cl)c3)C2)cc1. The van der Waals surface area contributed by atoms with Gasteiger partial charge in [0.05, 0.1) is 18.0 Å². The van der Waals surface area contributed by atoms with E-state index < -0.39 is 10.0 Å². The van der Waals surface area contributed by atoms with Gasteiger partial charge in [-0.2, -0.15) is 9.52 Å². The van der Waals surface area contributed by atoms with Crippen molar-refractivity contribution in [1.82, 2.24) is 4.41 Å². The Bertz CT molecular complexity index is 908. The summed E-state index contributed by atoms with van der Waals surface area (Å²) < 4.78 is 25.6. The van der Waals surface area contributed by atoms with Crippen molar-refractivity contribution in [2.45, 2.75) is 12.5 Å². The summed E-state index contributed by atoms with van der Waals surface area (Å²) in [5.74, 6) is 0. The first-order chi connectivity index (χ1) is 11.8. The number of halogens is 1. The molecule has 25 heavy (non-hydrogen) atoms. The molecular formula is C18H20ClN3O2S. The molecule has 0 radical (unpaired) electrons. The maximum Gasteiger partial charge on any atom is 0.247 e. The van der Waals surface area contributed by atoms with Gasteiger partial charge in [0.15, 0.2) is 0 Å². The van der Waals surface area contributed by atoms with Crippen molar-refractivity contribution in [2.24, 2.45) is 5.10 Å². The van der Waals surface area contributed by atoms with Gasteiger partial charge in [-0.3, -0.25) is 0 Å². The lowest BCUT2D eigenvalue weighted by Crippen LogP contribution is -2.25. The summed E-state index contributed by atoms with van der Waals surface area (Å²) in [6.45, 7) is 0. The van der Waals surface area contributed by atoms with E-state index in [2.05, 4.69) is 5.10 Å². The molecule has 0 spiro atoms. The maximum atomic E-state index is 12.2. The number of nitrogens with zero attached hydrogens (tertiary/aromatic N) is 3. The molecule has 7 heteroatoms. The fourth-order valence-electron chi connectivity index (χ4n) is 2.88. The lowest BCUT2D eigenvalue weighted by Gasteiger charge is -2.21. The molecule has 2 aromatic rings. The average Bonchev–Trinajstić information content (AvgIpc) is 3.00. The van der Waals surface area contributed by atoms with Crippen molar-refractivity contribution in [2.75, 3.05) is 25.3 Å². The van der Waals surface area contributed by atoms with Crippen LogP contribution < -0.4 is 4.90 Å². The minimum Gasteiger partial charge on any atom is -0.378 e. The van der Waals surface area contributed by atoms with E-state index in [4.69, 9.17) is 11.6 Å². The number of rotatable bonds is 4. The van der Waals surface area contributed by atoms with Gasteiger partial charge in [0, 0.05) is 31.2 Å². The summed E-state index contributed by atoms with van der Waals surface area (Å²) in [5, 5.41) is 4.98. The number of hydrazone groups is 1. The summed E-state index contributed by atoms with van der Waals surface area (Å²) >= 11 is 6.08. The van der Waals surface area contributed by atoms with Gasteiger partial charge in [0.1, 0.15) is 0 Å². The Labute approximate surface area is 153 Å². The van der Waals surface area contributed by atoms with Crippen LogP contribution in [0.2, 0.25) is 5.02 Å². The quantitative estimate of drug-likeness (QED) is 0.819. The lowest BCUT2D eigenvalue weighted by atomic mass is 9.99. The monoisotopic (exact) mass is 377 g/mol. The molecule has 1 aliphatic rings. The molecule has 3 rings (SSSR count). The third kappa shape index (κ3) is 3.80. The van der Waals surface area contributed by atoms with Crippen LogP contribution in [-0.2, 0) is 10.0 Å². The van der Waals surface area contributed by atoms with Gasteiger partial charge in [-0.1, -0.05) is 35.9 Å². The van der Waals surface area contributed by atoms with E-state index in [1.807, 2.05) is 55.4 Å². The van der Waals surface area contributed by atoms with E-state index in [-0.39, 0.29) is 6.04 Å². The van der Waals surface area contributed by atoms with Gasteiger partial charge in [-0.15, -0.1) is 0 Å². The van der Waals surface area contributed by atoms with Gasteiger partial charge in [-0.25, -0.2) is 8.42 Å². The van der Waals surface area contributed by atoms with E-state index in [1.165, 1.54) is 10.7 Å². The zero-order valence-electron chi connectivity index (χ0n) is 14.3. The van der Waals surface area contributed by atoms with Crippen LogP contribution in [0.5, 0.6) is 0 Å². The zero-order valence-corrected chi connectivity index (χ0v) is 15.9. The molecule has 0 bridgehead atoms. The van der Waals surface area contributed by atoms with Crippen molar-refractivity contribution < 1.29 is 8.42 Å². The smallest absolute Gasteiger partial charge is 0.247 e. The molecule has 0 fully saturated rings. The Morgan fingerprint density at radius 3 is 2.40 bits per heavy atom. The molecule has 0 aliphatic carbocycles. The number of hydrogen-bond acceptors (Lipinski definition) is 4. The third-order valence-corrected chi connectivity index (χ3v) is 5.41. The molecule has 0 aromatic heterocycles. The van der Waals surface area contributed by atoms with Crippen LogP contribution in [0.25, 0.3) is 0 Å². The van der Waals surface area contributed by atoms with Crippen molar-refractivity contribution in [3.63, 3.8) is 0 Å². The van der Waals surface area contributed by atoms with E-state index in [1.54, 1.807) is 12.1 Å². The fourth-order valence-corrected chi connectivity index (χ4v) is 3.99. The zero-order chi connectivity index (χ0) is 18.2. The highest BCUT2D eigenvalue weighted by atomic mass is 35.5. The van der Waals surface area contributed by atoms with Crippen LogP contribution in [0.3, 0.4) is 0 Å². The van der Waals surface area contributed by atoms with Crippen molar-refractivity contribution in [3.05, 3.63) is 64.7 Å². The predicted molar refractivity (Wildman–Crippen MR) is 103 cm³/mol. The van der Waals surface area contributed by atoms with E-state index in [0.717, 1.165) is 22.5 Å². The molecular weight excluding hydrogens is 358 g/mol. The van der Waals surface area contributed by atoms with Crippen LogP contribution >= 0.6 is 11.6 Å². The largest absolute Gasteiger partial charge is 0.378 e. The van der Waals surface area contributed by atoms with Gasteiger partial charge in [-0.05, 0) is 35.4 Å². The fraction of sp³-hybridized carbons (Fsp3) is 0.278. The highest BCUT2D eigenvalue weighted by Crippen LogP contribution is 2.35. The van der Waals surface area contributed by atoms with Gasteiger partial charge < -0.3 is 4.90 Å². The topological polar surface area (TPSA) is 53.0 Å². The first-order valence-electron chi connectivity index (χ1n) is 7.86. The van der Waals surface area contributed by atoms with Crippen LogP contribution in [0.15, 0.2) is 53.6 Å². The van der Waals surface area contributed by atoms with Crippen molar-refractivity contribution >= 4 is 33.0 Å². The van der Waals surface area contributed by atoms with Crippen LogP contribution in [0.1, 0.15) is 23.6 Å². The highest BCUT2D eigenvalue weighted by Gasteiger charge is 2.34. The normalized spacial score (nSPS) is 17.5. The maximum absolute atomic E-state index is 12.2. The molecule has 0 amide bonds. The van der Waals surface area contributed by atoms with Crippen LogP contribution in [0.4, 0.5) is 5.69 Å². The Hall–Kier alpha value is -2.05. The van der Waals surface area contributed by atoms with Crippen molar-refractivity contribution in [1.29, 1.82) is 0 Å². The number of hydrogen-bond donors (Lipinski definition) is 0. The summed E-state index contributed by atoms with van der Waals surface area (Å²) in [7, 11) is 0.469. The minimum absolute atomic E-state index is 0.378. The Kier molecular flexibility index (Phi) is 4.75. The number of anilines is 1. The highest BCUT2D eigenvalue weighted by molar-refractivity contribution is 7.88. The predicted octanol–water partition coefficient (Wildman–Crippen LogP) is 3.52. The second kappa shape index (κ2) is 6.69. The van der Waals surface area contributed by atoms with Gasteiger partial charge in [0.2, 0.25) is 10.0 Å². The summed E-state index contributed by atoms with van der Waals surface area (Å²) in [6.07, 6.45) is 1.68. The first-order valence-corrected chi connectivity index (χ1v) is 10.1. The summed E-state index contributed by atoms with van der Waals surface area (Å²) in [5.41, 5.74) is 3.58. The second-order valence-electron chi connectivity index (χ2n) is 6.30. The Morgan fingerprint density at radius 2 is 1.84 bits per heavy atom. The summed E-state index contributed by atoms with van der Waals surface area (Å²) in [4.78, 5) is 2.01. The second-order valence-corrected chi connectivity index (χ2v) is 8.58. The molecule has 1 aliphatic heterocycles. The molecule has 0 unspecified atom stereocenters. The molecule has 2 aromatic carbocycles. The van der Waals surface area contributed by atoms with Crippen molar-refractivity contribution in [3.8, 4) is 0 Å². The molecule has 0 saturated heterocycles. The molecule has 5 nitrogen and oxygen atoms in total. The Balaban J connectivity index is 1.97. The molecule has 0 N–H and O–H groups in total. The van der Waals surface area contributed by atoms with Crippen LogP contribution in [0, 0.1) is 0 Å². The van der Waals surface area contributed by atoms with Gasteiger partial charge in [0.25, 0.3) is 0 Å². The molecule has 0 saturated carbocycles. The first kappa shape index (κ1) is 17.8. The number of benzene rings is 2. The van der Waals surface area contributed by atoms with E-state index >= 15 is 0 Å². The average molecular weight is 378 g/mol. The van der Waals surface area contributed by atoms with E-state index in [0.29, 0.717) is 11.4 Å². The van der Waals surface area contributed by atoms with E-state index in [9.17, 15) is 8.42 Å². The summed E-state index contributed by atoms with van der Waals surface area (Å²) in [6, 6.07) is 14.8.